The van der Waals surface area contributed by atoms with Crippen LogP contribution in [-0.4, -0.2) is 15.2 Å². The van der Waals surface area contributed by atoms with Crippen molar-refractivity contribution < 1.29 is 0 Å². The number of nitrogen functional groups attached to an aromatic ring is 1. The van der Waals surface area contributed by atoms with Crippen LogP contribution in [0.2, 0.25) is 10.0 Å². The van der Waals surface area contributed by atoms with E-state index < -0.39 is 0 Å². The highest BCUT2D eigenvalue weighted by molar-refractivity contribution is 6.43. The lowest BCUT2D eigenvalue weighted by Gasteiger charge is -2.06. The van der Waals surface area contributed by atoms with Gasteiger partial charge in [0, 0.05) is 5.56 Å². The molecule has 0 atom stereocenters. The number of rotatable bonds is 1. The number of hydrogen-bond donors (Lipinski definition) is 1. The van der Waals surface area contributed by atoms with Gasteiger partial charge in [-0.25, -0.2) is 4.98 Å². The standard InChI is InChI=1S/C10H8Cl2N4/c1-5-14-10(13)9(16-15-5)6-3-2-4-7(11)8(6)12/h2-4H,1H3,(H2,13,14,15). The fraction of sp³-hybridized carbons (Fsp3) is 0.100. The number of hydrogen-bond acceptors (Lipinski definition) is 4. The van der Waals surface area contributed by atoms with Crippen molar-refractivity contribution in [2.75, 3.05) is 5.73 Å². The number of aryl methyl sites for hydroxylation is 1. The molecule has 0 spiro atoms. The molecule has 2 N–H and O–H groups in total. The summed E-state index contributed by atoms with van der Waals surface area (Å²) in [5.74, 6) is 0.802. The summed E-state index contributed by atoms with van der Waals surface area (Å²) in [5, 5.41) is 8.66. The molecule has 1 aromatic carbocycles. The van der Waals surface area contributed by atoms with Crippen LogP contribution < -0.4 is 5.73 Å². The molecule has 1 aromatic heterocycles. The average molecular weight is 255 g/mol. The summed E-state index contributed by atoms with van der Waals surface area (Å²) in [5.41, 5.74) is 6.83. The van der Waals surface area contributed by atoms with Crippen molar-refractivity contribution in [3.05, 3.63) is 34.1 Å². The fourth-order valence-electron chi connectivity index (χ4n) is 1.30. The van der Waals surface area contributed by atoms with Crippen LogP contribution in [0.15, 0.2) is 18.2 Å². The molecule has 0 aliphatic heterocycles. The smallest absolute Gasteiger partial charge is 0.154 e. The second-order valence-electron chi connectivity index (χ2n) is 3.19. The van der Waals surface area contributed by atoms with Gasteiger partial charge in [-0.1, -0.05) is 35.3 Å². The van der Waals surface area contributed by atoms with Gasteiger partial charge in [-0.15, -0.1) is 10.2 Å². The SMILES string of the molecule is Cc1nnc(-c2cccc(Cl)c2Cl)c(N)n1. The van der Waals surface area contributed by atoms with Crippen LogP contribution in [0.4, 0.5) is 5.82 Å². The number of aromatic nitrogens is 3. The van der Waals surface area contributed by atoms with Gasteiger partial charge in [-0.2, -0.15) is 0 Å². The Bertz CT molecular complexity index is 542. The normalized spacial score (nSPS) is 10.4. The molecule has 6 heteroatoms. The van der Waals surface area contributed by atoms with Gasteiger partial charge in [0.2, 0.25) is 0 Å². The molecule has 0 aliphatic carbocycles. The maximum Gasteiger partial charge on any atom is 0.154 e. The van der Waals surface area contributed by atoms with Gasteiger partial charge < -0.3 is 5.73 Å². The molecule has 0 saturated heterocycles. The number of anilines is 1. The molecular weight excluding hydrogens is 247 g/mol. The second-order valence-corrected chi connectivity index (χ2v) is 3.98. The van der Waals surface area contributed by atoms with E-state index in [1.165, 1.54) is 0 Å². The molecule has 0 fully saturated rings. The van der Waals surface area contributed by atoms with Crippen LogP contribution in [0.5, 0.6) is 0 Å². The third kappa shape index (κ3) is 1.94. The topological polar surface area (TPSA) is 64.7 Å². The van der Waals surface area contributed by atoms with E-state index in [4.69, 9.17) is 28.9 Å². The fourth-order valence-corrected chi connectivity index (χ4v) is 1.69. The van der Waals surface area contributed by atoms with Gasteiger partial charge in [-0.05, 0) is 13.0 Å². The lowest BCUT2D eigenvalue weighted by molar-refractivity contribution is 0.920. The summed E-state index contributed by atoms with van der Waals surface area (Å²) < 4.78 is 0. The Morgan fingerprint density at radius 3 is 2.62 bits per heavy atom. The zero-order valence-electron chi connectivity index (χ0n) is 8.41. The highest BCUT2D eigenvalue weighted by atomic mass is 35.5. The Balaban J connectivity index is 2.63. The van der Waals surface area contributed by atoms with Crippen molar-refractivity contribution in [1.29, 1.82) is 0 Å². The molecular formula is C10H8Cl2N4. The van der Waals surface area contributed by atoms with Crippen LogP contribution in [0.25, 0.3) is 11.3 Å². The van der Waals surface area contributed by atoms with Crippen molar-refractivity contribution in [2.45, 2.75) is 6.92 Å². The van der Waals surface area contributed by atoms with Gasteiger partial charge >= 0.3 is 0 Å². The molecule has 0 radical (unpaired) electrons. The first-order valence-electron chi connectivity index (χ1n) is 4.51. The van der Waals surface area contributed by atoms with E-state index in [2.05, 4.69) is 15.2 Å². The largest absolute Gasteiger partial charge is 0.382 e. The minimum absolute atomic E-state index is 0.289. The van der Waals surface area contributed by atoms with Crippen LogP contribution >= 0.6 is 23.2 Å². The predicted octanol–water partition coefficient (Wildman–Crippen LogP) is 2.74. The van der Waals surface area contributed by atoms with Gasteiger partial charge in [0.15, 0.2) is 5.82 Å². The molecule has 2 rings (SSSR count). The molecule has 82 valence electrons. The first-order valence-corrected chi connectivity index (χ1v) is 5.26. The Hall–Kier alpha value is -1.39. The molecule has 0 aliphatic rings. The summed E-state index contributed by atoms with van der Waals surface area (Å²) >= 11 is 12.0. The van der Waals surface area contributed by atoms with E-state index in [1.807, 2.05) is 0 Å². The van der Waals surface area contributed by atoms with Crippen LogP contribution in [0, 0.1) is 6.92 Å². The third-order valence-corrected chi connectivity index (χ3v) is 2.85. The second kappa shape index (κ2) is 4.23. The minimum Gasteiger partial charge on any atom is -0.382 e. The average Bonchev–Trinajstić information content (AvgIpc) is 2.23. The summed E-state index contributed by atoms with van der Waals surface area (Å²) in [6.07, 6.45) is 0. The molecule has 2 aromatic rings. The zero-order valence-corrected chi connectivity index (χ0v) is 9.92. The predicted molar refractivity (Wildman–Crippen MR) is 64.4 cm³/mol. The first kappa shape index (κ1) is 11.1. The lowest BCUT2D eigenvalue weighted by Crippen LogP contribution is -2.02. The lowest BCUT2D eigenvalue weighted by atomic mass is 10.1. The van der Waals surface area contributed by atoms with Crippen LogP contribution in [0.3, 0.4) is 0 Å². The summed E-state index contributed by atoms with van der Waals surface area (Å²) in [6.45, 7) is 1.71. The van der Waals surface area contributed by atoms with Crippen molar-refractivity contribution >= 4 is 29.0 Å². The zero-order chi connectivity index (χ0) is 11.7. The van der Waals surface area contributed by atoms with Gasteiger partial charge in [0.05, 0.1) is 10.0 Å². The highest BCUT2D eigenvalue weighted by Crippen LogP contribution is 2.33. The number of benzene rings is 1. The molecule has 0 unspecified atom stereocenters. The van der Waals surface area contributed by atoms with Crippen LogP contribution in [0.1, 0.15) is 5.82 Å². The summed E-state index contributed by atoms with van der Waals surface area (Å²) in [6, 6.07) is 5.23. The number of nitrogens with two attached hydrogens (primary N) is 1. The minimum atomic E-state index is 0.289. The Kier molecular flexibility index (Phi) is 2.94. The Labute approximate surface area is 102 Å². The molecule has 4 nitrogen and oxygen atoms in total. The van der Waals surface area contributed by atoms with Gasteiger partial charge in [0.1, 0.15) is 11.5 Å². The highest BCUT2D eigenvalue weighted by Gasteiger charge is 2.12. The molecule has 0 saturated carbocycles. The maximum absolute atomic E-state index is 6.06. The van der Waals surface area contributed by atoms with E-state index in [-0.39, 0.29) is 5.82 Å². The van der Waals surface area contributed by atoms with Crippen molar-refractivity contribution in [1.82, 2.24) is 15.2 Å². The van der Waals surface area contributed by atoms with Crippen molar-refractivity contribution in [3.8, 4) is 11.3 Å². The third-order valence-electron chi connectivity index (χ3n) is 2.03. The van der Waals surface area contributed by atoms with Gasteiger partial charge in [0.25, 0.3) is 0 Å². The quantitative estimate of drug-likeness (QED) is 0.850. The summed E-state index contributed by atoms with van der Waals surface area (Å²) in [4.78, 5) is 4.02. The maximum atomic E-state index is 6.06. The summed E-state index contributed by atoms with van der Waals surface area (Å²) in [7, 11) is 0. The van der Waals surface area contributed by atoms with E-state index in [9.17, 15) is 0 Å². The van der Waals surface area contributed by atoms with Crippen molar-refractivity contribution in [2.24, 2.45) is 0 Å². The molecule has 0 amide bonds. The Morgan fingerprint density at radius 1 is 1.19 bits per heavy atom. The molecule has 1 heterocycles. The monoisotopic (exact) mass is 254 g/mol. The van der Waals surface area contributed by atoms with Crippen molar-refractivity contribution in [3.63, 3.8) is 0 Å². The van der Waals surface area contributed by atoms with Crippen LogP contribution in [-0.2, 0) is 0 Å². The van der Waals surface area contributed by atoms with E-state index >= 15 is 0 Å². The number of nitrogens with zero attached hydrogens (tertiary/aromatic N) is 3. The molecule has 0 bridgehead atoms. The van der Waals surface area contributed by atoms with Gasteiger partial charge in [-0.3, -0.25) is 0 Å². The van der Waals surface area contributed by atoms with E-state index in [0.717, 1.165) is 0 Å². The molecule has 16 heavy (non-hydrogen) atoms. The Morgan fingerprint density at radius 2 is 1.94 bits per heavy atom. The van der Waals surface area contributed by atoms with E-state index in [0.29, 0.717) is 27.1 Å². The first-order chi connectivity index (χ1) is 7.59. The van der Waals surface area contributed by atoms with E-state index in [1.54, 1.807) is 25.1 Å². The number of halogens is 2.